The van der Waals surface area contributed by atoms with Gasteiger partial charge in [-0.3, -0.25) is 9.79 Å². The van der Waals surface area contributed by atoms with Crippen LogP contribution in [0, 0.1) is 5.41 Å². The Kier molecular flexibility index (Phi) is 7.07. The number of rotatable bonds is 4. The molecule has 1 heterocycles. The highest BCUT2D eigenvalue weighted by Gasteiger charge is 2.53. The van der Waals surface area contributed by atoms with Crippen molar-refractivity contribution in [3.8, 4) is 0 Å². The second-order valence-corrected chi connectivity index (χ2v) is 7.12. The molecule has 0 atom stereocenters. The van der Waals surface area contributed by atoms with E-state index in [2.05, 4.69) is 48.2 Å². The van der Waals surface area contributed by atoms with E-state index in [9.17, 15) is 4.79 Å². The molecule has 0 bridgehead atoms. The third-order valence-electron chi connectivity index (χ3n) is 5.08. The number of likely N-dealkylation sites (tertiary alicyclic amines) is 1. The zero-order valence-corrected chi connectivity index (χ0v) is 17.5. The van der Waals surface area contributed by atoms with Gasteiger partial charge in [0.2, 0.25) is 0 Å². The summed E-state index contributed by atoms with van der Waals surface area (Å²) in [5.74, 6) is 0.844. The molecule has 5 nitrogen and oxygen atoms in total. The van der Waals surface area contributed by atoms with E-state index in [1.165, 1.54) is 0 Å². The first kappa shape index (κ1) is 20.7. The van der Waals surface area contributed by atoms with E-state index < -0.39 is 0 Å². The number of benzene rings is 1. The predicted molar refractivity (Wildman–Crippen MR) is 110 cm³/mol. The SMILES string of the molecule is CN=C(NCCNC(=O)c1ccccc1)N1CC(C)(C)C1(C)C.I. The van der Waals surface area contributed by atoms with Crippen LogP contribution in [0.3, 0.4) is 0 Å². The summed E-state index contributed by atoms with van der Waals surface area (Å²) >= 11 is 0. The van der Waals surface area contributed by atoms with Crippen LogP contribution in [0.2, 0.25) is 0 Å². The molecule has 2 rings (SSSR count). The molecule has 1 aliphatic rings. The minimum absolute atomic E-state index is 0. The first-order valence-corrected chi connectivity index (χ1v) is 8.11. The van der Waals surface area contributed by atoms with Crippen molar-refractivity contribution in [2.24, 2.45) is 10.4 Å². The van der Waals surface area contributed by atoms with Crippen molar-refractivity contribution in [1.29, 1.82) is 0 Å². The summed E-state index contributed by atoms with van der Waals surface area (Å²) in [6.45, 7) is 11.2. The van der Waals surface area contributed by atoms with Crippen LogP contribution in [0.5, 0.6) is 0 Å². The van der Waals surface area contributed by atoms with Gasteiger partial charge < -0.3 is 15.5 Å². The average Bonchev–Trinajstić information content (AvgIpc) is 2.54. The Hall–Kier alpha value is -1.31. The molecule has 134 valence electrons. The molecular formula is C18H29IN4O. The van der Waals surface area contributed by atoms with E-state index >= 15 is 0 Å². The van der Waals surface area contributed by atoms with Crippen molar-refractivity contribution in [1.82, 2.24) is 15.5 Å². The Balaban J connectivity index is 0.00000288. The highest BCUT2D eigenvalue weighted by Crippen LogP contribution is 2.46. The summed E-state index contributed by atoms with van der Waals surface area (Å²) < 4.78 is 0. The van der Waals surface area contributed by atoms with Gasteiger partial charge in [0.1, 0.15) is 0 Å². The number of nitrogens with one attached hydrogen (secondary N) is 2. The summed E-state index contributed by atoms with van der Waals surface area (Å²) in [6.07, 6.45) is 0. The Bertz CT molecular complexity index is 584. The second kappa shape index (κ2) is 8.18. The number of halogens is 1. The first-order valence-electron chi connectivity index (χ1n) is 8.11. The second-order valence-electron chi connectivity index (χ2n) is 7.12. The van der Waals surface area contributed by atoms with Crippen LogP contribution in [0.4, 0.5) is 0 Å². The summed E-state index contributed by atoms with van der Waals surface area (Å²) in [4.78, 5) is 18.6. The van der Waals surface area contributed by atoms with Crippen molar-refractivity contribution in [2.75, 3.05) is 26.7 Å². The number of carbonyl (C=O) groups is 1. The van der Waals surface area contributed by atoms with E-state index in [1.54, 1.807) is 7.05 Å². The van der Waals surface area contributed by atoms with Crippen molar-refractivity contribution in [3.63, 3.8) is 0 Å². The highest BCUT2D eigenvalue weighted by atomic mass is 127. The fourth-order valence-electron chi connectivity index (χ4n) is 2.74. The number of hydrogen-bond donors (Lipinski definition) is 2. The van der Waals surface area contributed by atoms with Gasteiger partial charge in [0.25, 0.3) is 5.91 Å². The quantitative estimate of drug-likeness (QED) is 0.325. The third-order valence-corrected chi connectivity index (χ3v) is 5.08. The zero-order chi connectivity index (χ0) is 17.1. The number of amides is 1. The van der Waals surface area contributed by atoms with E-state index in [0.717, 1.165) is 12.5 Å². The van der Waals surface area contributed by atoms with Crippen molar-refractivity contribution in [2.45, 2.75) is 33.2 Å². The largest absolute Gasteiger partial charge is 0.354 e. The zero-order valence-electron chi connectivity index (χ0n) is 15.2. The molecule has 1 amide bonds. The van der Waals surface area contributed by atoms with E-state index in [4.69, 9.17) is 0 Å². The molecular weight excluding hydrogens is 415 g/mol. The summed E-state index contributed by atoms with van der Waals surface area (Å²) in [6, 6.07) is 9.25. The molecule has 0 radical (unpaired) electrons. The molecule has 2 N–H and O–H groups in total. The lowest BCUT2D eigenvalue weighted by molar-refractivity contribution is -0.0666. The Morgan fingerprint density at radius 2 is 1.71 bits per heavy atom. The lowest BCUT2D eigenvalue weighted by Crippen LogP contribution is -2.72. The van der Waals surface area contributed by atoms with Gasteiger partial charge in [-0.1, -0.05) is 32.0 Å². The minimum atomic E-state index is -0.0483. The lowest BCUT2D eigenvalue weighted by Gasteiger charge is -2.62. The Morgan fingerprint density at radius 3 is 2.21 bits per heavy atom. The van der Waals surface area contributed by atoms with Crippen molar-refractivity contribution >= 4 is 35.8 Å². The molecule has 1 aromatic rings. The number of carbonyl (C=O) groups excluding carboxylic acids is 1. The number of hydrogen-bond acceptors (Lipinski definition) is 2. The van der Waals surface area contributed by atoms with Crippen LogP contribution < -0.4 is 10.6 Å². The normalized spacial score (nSPS) is 18.2. The first-order chi connectivity index (χ1) is 10.8. The van der Waals surface area contributed by atoms with Crippen molar-refractivity contribution in [3.05, 3.63) is 35.9 Å². The minimum Gasteiger partial charge on any atom is -0.354 e. The Morgan fingerprint density at radius 1 is 1.12 bits per heavy atom. The molecule has 0 aliphatic carbocycles. The smallest absolute Gasteiger partial charge is 0.251 e. The average molecular weight is 444 g/mol. The summed E-state index contributed by atoms with van der Waals surface area (Å²) in [5.41, 5.74) is 1.02. The number of nitrogens with zero attached hydrogens (tertiary/aromatic N) is 2. The lowest BCUT2D eigenvalue weighted by atomic mass is 9.65. The van der Waals surface area contributed by atoms with Crippen LogP contribution in [0.15, 0.2) is 35.3 Å². The van der Waals surface area contributed by atoms with Gasteiger partial charge in [0, 0.05) is 43.2 Å². The Labute approximate surface area is 162 Å². The molecule has 0 spiro atoms. The molecule has 1 aromatic carbocycles. The van der Waals surface area contributed by atoms with Crippen LogP contribution >= 0.6 is 24.0 Å². The topological polar surface area (TPSA) is 56.7 Å². The van der Waals surface area contributed by atoms with E-state index in [1.807, 2.05) is 30.3 Å². The fourth-order valence-corrected chi connectivity index (χ4v) is 2.74. The maximum absolute atomic E-state index is 12.0. The van der Waals surface area contributed by atoms with E-state index in [-0.39, 0.29) is 40.8 Å². The summed E-state index contributed by atoms with van der Waals surface area (Å²) in [5, 5.41) is 6.25. The summed E-state index contributed by atoms with van der Waals surface area (Å²) in [7, 11) is 1.80. The van der Waals surface area contributed by atoms with Gasteiger partial charge in [0.05, 0.1) is 0 Å². The van der Waals surface area contributed by atoms with Gasteiger partial charge in [-0.05, 0) is 26.0 Å². The van der Waals surface area contributed by atoms with Crippen molar-refractivity contribution < 1.29 is 4.79 Å². The van der Waals surface area contributed by atoms with Crippen LogP contribution in [0.1, 0.15) is 38.1 Å². The standard InChI is InChI=1S/C18H28N4O.HI/c1-17(2)13-22(18(17,3)4)16(19-5)21-12-11-20-15(23)14-9-7-6-8-10-14;/h6-10H,11-13H2,1-5H3,(H,19,21)(H,20,23);1H. The molecule has 1 saturated heterocycles. The molecule has 1 aliphatic heterocycles. The number of guanidine groups is 1. The third kappa shape index (κ3) is 4.20. The molecule has 1 fully saturated rings. The predicted octanol–water partition coefficient (Wildman–Crippen LogP) is 2.73. The fraction of sp³-hybridized carbons (Fsp3) is 0.556. The van der Waals surface area contributed by atoms with Crippen LogP contribution in [-0.2, 0) is 0 Å². The van der Waals surface area contributed by atoms with Crippen LogP contribution in [0.25, 0.3) is 0 Å². The molecule has 0 saturated carbocycles. The van der Waals surface area contributed by atoms with Gasteiger partial charge in [-0.25, -0.2) is 0 Å². The van der Waals surface area contributed by atoms with Crippen LogP contribution in [-0.4, -0.2) is 49.0 Å². The van der Waals surface area contributed by atoms with E-state index in [0.29, 0.717) is 18.7 Å². The number of aliphatic imine (C=N–C) groups is 1. The molecule has 24 heavy (non-hydrogen) atoms. The molecule has 0 unspecified atom stereocenters. The molecule has 0 aromatic heterocycles. The monoisotopic (exact) mass is 444 g/mol. The maximum Gasteiger partial charge on any atom is 0.251 e. The molecule has 6 heteroatoms. The van der Waals surface area contributed by atoms with Gasteiger partial charge >= 0.3 is 0 Å². The maximum atomic E-state index is 12.0. The van der Waals surface area contributed by atoms with Gasteiger partial charge in [-0.2, -0.15) is 0 Å². The highest BCUT2D eigenvalue weighted by molar-refractivity contribution is 14.0. The van der Waals surface area contributed by atoms with Gasteiger partial charge in [-0.15, -0.1) is 24.0 Å². The van der Waals surface area contributed by atoms with Gasteiger partial charge in [0.15, 0.2) is 5.96 Å².